The van der Waals surface area contributed by atoms with Crippen LogP contribution in [0.3, 0.4) is 0 Å². The van der Waals surface area contributed by atoms with Crippen molar-refractivity contribution in [3.63, 3.8) is 0 Å². The lowest BCUT2D eigenvalue weighted by atomic mass is 10.1. The highest BCUT2D eigenvalue weighted by molar-refractivity contribution is 6.55. The first-order valence-corrected chi connectivity index (χ1v) is 11.0. The summed E-state index contributed by atoms with van der Waals surface area (Å²) in [7, 11) is 1.69. The zero-order valence-corrected chi connectivity index (χ0v) is 18.8. The van der Waals surface area contributed by atoms with Crippen molar-refractivity contribution in [2.45, 2.75) is 32.0 Å². The molecular formula is C21H25Cl2N7O. The van der Waals surface area contributed by atoms with Crippen molar-refractivity contribution in [2.75, 3.05) is 23.3 Å². The highest BCUT2D eigenvalue weighted by atomic mass is 35.5. The van der Waals surface area contributed by atoms with E-state index < -0.39 is 0 Å². The molecule has 1 saturated heterocycles. The minimum Gasteiger partial charge on any atom is -0.351 e. The number of nitrogens with one attached hydrogen (secondary N) is 1. The zero-order chi connectivity index (χ0) is 22.0. The molecule has 3 heterocycles. The molecule has 0 bridgehead atoms. The van der Waals surface area contributed by atoms with Gasteiger partial charge in [-0.3, -0.25) is 9.36 Å². The van der Waals surface area contributed by atoms with Gasteiger partial charge in [-0.05, 0) is 24.5 Å². The Labute approximate surface area is 190 Å². The van der Waals surface area contributed by atoms with E-state index in [1.165, 1.54) is 4.57 Å². The van der Waals surface area contributed by atoms with E-state index in [9.17, 15) is 4.79 Å². The molecule has 2 aromatic heterocycles. The summed E-state index contributed by atoms with van der Waals surface area (Å²) in [6, 6.07) is 9.99. The number of nitrogens with zero attached hydrogens (tertiary/aromatic N) is 5. The molecule has 0 amide bonds. The number of aromatic nitrogens is 4. The van der Waals surface area contributed by atoms with Crippen LogP contribution in [0.1, 0.15) is 18.4 Å². The van der Waals surface area contributed by atoms with Crippen molar-refractivity contribution in [3.8, 4) is 0 Å². The van der Waals surface area contributed by atoms with Crippen molar-refractivity contribution in [3.05, 3.63) is 56.8 Å². The summed E-state index contributed by atoms with van der Waals surface area (Å²) in [4.78, 5) is 24.7. The van der Waals surface area contributed by atoms with Crippen LogP contribution in [-0.4, -0.2) is 38.2 Å². The second-order valence-electron chi connectivity index (χ2n) is 7.68. The number of imidazole rings is 1. The molecule has 1 aromatic carbocycles. The topological polar surface area (TPSA) is 94.0 Å². The summed E-state index contributed by atoms with van der Waals surface area (Å²) >= 11 is 11.7. The van der Waals surface area contributed by atoms with E-state index in [0.29, 0.717) is 42.7 Å². The lowest BCUT2D eigenvalue weighted by Gasteiger charge is -2.31. The van der Waals surface area contributed by atoms with Gasteiger partial charge in [0.15, 0.2) is 11.2 Å². The molecule has 164 valence electrons. The van der Waals surface area contributed by atoms with Crippen molar-refractivity contribution in [1.29, 1.82) is 0 Å². The molecule has 4 rings (SSSR count). The minimum absolute atomic E-state index is 0.0630. The maximum absolute atomic E-state index is 13.3. The Morgan fingerprint density at radius 2 is 2.06 bits per heavy atom. The third-order valence-corrected chi connectivity index (χ3v) is 5.74. The van der Waals surface area contributed by atoms with Gasteiger partial charge in [0.2, 0.25) is 11.9 Å². The van der Waals surface area contributed by atoms with Crippen LogP contribution in [0.25, 0.3) is 11.2 Å². The van der Waals surface area contributed by atoms with E-state index in [1.807, 2.05) is 34.9 Å². The molecule has 10 heteroatoms. The Hall–Kier alpha value is -2.55. The van der Waals surface area contributed by atoms with Gasteiger partial charge in [0.05, 0.1) is 0 Å². The van der Waals surface area contributed by atoms with Gasteiger partial charge >= 0.3 is 0 Å². The van der Waals surface area contributed by atoms with Crippen molar-refractivity contribution < 1.29 is 0 Å². The molecule has 0 spiro atoms. The van der Waals surface area contributed by atoms with E-state index in [4.69, 9.17) is 33.9 Å². The fourth-order valence-electron chi connectivity index (χ4n) is 3.85. The monoisotopic (exact) mass is 461 g/mol. The zero-order valence-electron chi connectivity index (χ0n) is 17.3. The first kappa shape index (κ1) is 21.7. The number of nitrogens with two attached hydrogens (primary N) is 1. The van der Waals surface area contributed by atoms with Crippen LogP contribution in [-0.2, 0) is 20.1 Å². The Bertz CT molecular complexity index is 1150. The number of hydrogen-bond acceptors (Lipinski definition) is 6. The summed E-state index contributed by atoms with van der Waals surface area (Å²) in [5, 5.41) is 3.24. The number of rotatable bonds is 6. The average Bonchev–Trinajstić information content (AvgIpc) is 3.13. The first-order chi connectivity index (χ1) is 14.9. The number of piperidine rings is 1. The molecule has 8 nitrogen and oxygen atoms in total. The summed E-state index contributed by atoms with van der Waals surface area (Å²) < 4.78 is 3.45. The highest BCUT2D eigenvalue weighted by Gasteiger charge is 2.25. The molecule has 31 heavy (non-hydrogen) atoms. The molecular weight excluding hydrogens is 437 g/mol. The molecule has 1 unspecified atom stereocenters. The van der Waals surface area contributed by atoms with E-state index in [2.05, 4.69) is 15.2 Å². The summed E-state index contributed by atoms with van der Waals surface area (Å²) in [6.45, 7) is 2.34. The van der Waals surface area contributed by atoms with Crippen LogP contribution in [0.4, 0.5) is 11.9 Å². The van der Waals surface area contributed by atoms with Crippen LogP contribution in [0.5, 0.6) is 0 Å². The lowest BCUT2D eigenvalue weighted by Crippen LogP contribution is -2.44. The Morgan fingerprint density at radius 1 is 1.29 bits per heavy atom. The van der Waals surface area contributed by atoms with Gasteiger partial charge in [-0.2, -0.15) is 9.97 Å². The minimum atomic E-state index is -0.195. The van der Waals surface area contributed by atoms with Gasteiger partial charge in [-0.25, -0.2) is 0 Å². The van der Waals surface area contributed by atoms with Crippen molar-refractivity contribution >= 4 is 46.3 Å². The van der Waals surface area contributed by atoms with Gasteiger partial charge in [0.25, 0.3) is 5.56 Å². The molecule has 1 aliphatic rings. The Kier molecular flexibility index (Phi) is 6.50. The van der Waals surface area contributed by atoms with E-state index in [1.54, 1.807) is 13.1 Å². The van der Waals surface area contributed by atoms with E-state index in [0.717, 1.165) is 24.9 Å². The molecule has 3 N–H and O–H groups in total. The normalized spacial score (nSPS) is 16.5. The van der Waals surface area contributed by atoms with Crippen LogP contribution in [0, 0.1) is 0 Å². The predicted octanol–water partition coefficient (Wildman–Crippen LogP) is 2.99. The molecule has 1 aliphatic heterocycles. The van der Waals surface area contributed by atoms with Crippen LogP contribution in [0.15, 0.2) is 45.7 Å². The van der Waals surface area contributed by atoms with Crippen molar-refractivity contribution in [1.82, 2.24) is 19.1 Å². The van der Waals surface area contributed by atoms with Gasteiger partial charge < -0.3 is 20.5 Å². The average molecular weight is 462 g/mol. The number of fused-ring (bicyclic) bond motifs is 1. The van der Waals surface area contributed by atoms with Gasteiger partial charge in [-0.1, -0.05) is 53.5 Å². The van der Waals surface area contributed by atoms with Crippen molar-refractivity contribution in [2.24, 2.45) is 12.8 Å². The first-order valence-electron chi connectivity index (χ1n) is 10.2. The third kappa shape index (κ3) is 4.71. The Morgan fingerprint density at radius 3 is 2.77 bits per heavy atom. The summed E-state index contributed by atoms with van der Waals surface area (Å²) in [5.41, 5.74) is 7.86. The largest absolute Gasteiger partial charge is 0.351 e. The van der Waals surface area contributed by atoms with Crippen LogP contribution >= 0.6 is 23.2 Å². The molecule has 0 radical (unpaired) electrons. The van der Waals surface area contributed by atoms with E-state index >= 15 is 0 Å². The second kappa shape index (κ2) is 9.30. The SMILES string of the molecule is Cn1c(NCc2ccccc2)nc2nc(N3CCCC(N)C3)n(CC=C(Cl)Cl)c2c1=O. The number of halogens is 2. The smallest absolute Gasteiger partial charge is 0.281 e. The lowest BCUT2D eigenvalue weighted by molar-refractivity contribution is 0.495. The predicted molar refractivity (Wildman–Crippen MR) is 126 cm³/mol. The van der Waals surface area contributed by atoms with E-state index in [-0.39, 0.29) is 16.1 Å². The third-order valence-electron chi connectivity index (χ3n) is 5.43. The number of benzene rings is 1. The van der Waals surface area contributed by atoms with Gasteiger partial charge in [0.1, 0.15) is 4.49 Å². The molecule has 0 saturated carbocycles. The summed E-state index contributed by atoms with van der Waals surface area (Å²) in [5.74, 6) is 1.11. The molecule has 3 aromatic rings. The quantitative estimate of drug-likeness (QED) is 0.585. The van der Waals surface area contributed by atoms with Gasteiger partial charge in [0, 0.05) is 39.3 Å². The second-order valence-corrected chi connectivity index (χ2v) is 8.68. The highest BCUT2D eigenvalue weighted by Crippen LogP contribution is 2.24. The fourth-order valence-corrected chi connectivity index (χ4v) is 3.99. The maximum atomic E-state index is 13.3. The summed E-state index contributed by atoms with van der Waals surface area (Å²) in [6.07, 6.45) is 3.57. The maximum Gasteiger partial charge on any atom is 0.281 e. The fraction of sp³-hybridized carbons (Fsp3) is 0.381. The van der Waals surface area contributed by atoms with Gasteiger partial charge in [-0.15, -0.1) is 0 Å². The molecule has 1 fully saturated rings. The van der Waals surface area contributed by atoms with Crippen LogP contribution in [0.2, 0.25) is 0 Å². The number of allylic oxidation sites excluding steroid dienone is 1. The Balaban J connectivity index is 1.76. The molecule has 0 aliphatic carbocycles. The number of anilines is 2. The molecule has 1 atom stereocenters. The number of hydrogen-bond donors (Lipinski definition) is 2. The standard InChI is InChI=1S/C21H25Cl2N7O/c1-28-19(31)17-18(26-20(28)25-12-14-6-3-2-4-7-14)27-21(30(17)11-9-16(22)23)29-10-5-8-15(24)13-29/h2-4,6-7,9,15H,5,8,10-13,24H2,1H3,(H,25,26). The van der Waals surface area contributed by atoms with Crippen LogP contribution < -0.4 is 21.5 Å².